The molecule has 8 nitrogen and oxygen atoms in total. The smallest absolute Gasteiger partial charge is 0.329 e. The lowest BCUT2D eigenvalue weighted by molar-refractivity contribution is 0.342. The predicted molar refractivity (Wildman–Crippen MR) is 123 cm³/mol. The summed E-state index contributed by atoms with van der Waals surface area (Å²) in [6.07, 6.45) is 6.62. The Bertz CT molecular complexity index is 1390. The average molecular weight is 413 g/mol. The minimum atomic E-state index is -0.0114. The lowest BCUT2D eigenvalue weighted by Gasteiger charge is -2.28. The Morgan fingerprint density at radius 1 is 1.19 bits per heavy atom. The van der Waals surface area contributed by atoms with Crippen molar-refractivity contribution in [1.82, 2.24) is 29.7 Å². The number of rotatable bonds is 5. The molecule has 1 aliphatic rings. The van der Waals surface area contributed by atoms with Gasteiger partial charge in [-0.25, -0.2) is 4.79 Å². The molecule has 1 fully saturated rings. The highest BCUT2D eigenvalue weighted by atomic mass is 16.1. The zero-order valence-electron chi connectivity index (χ0n) is 17.4. The molecule has 8 heteroatoms. The maximum absolute atomic E-state index is 12.9. The van der Waals surface area contributed by atoms with E-state index in [0.29, 0.717) is 5.57 Å². The van der Waals surface area contributed by atoms with Gasteiger partial charge in [0.1, 0.15) is 0 Å². The molecule has 3 aromatic heterocycles. The highest BCUT2D eigenvalue weighted by molar-refractivity contribution is 6.07. The third-order valence-corrected chi connectivity index (χ3v) is 5.89. The highest BCUT2D eigenvalue weighted by Gasteiger charge is 2.25. The summed E-state index contributed by atoms with van der Waals surface area (Å²) in [6, 6.07) is 10.2. The van der Waals surface area contributed by atoms with E-state index in [0.717, 1.165) is 51.8 Å². The van der Waals surface area contributed by atoms with Gasteiger partial charge in [0.15, 0.2) is 0 Å². The maximum Gasteiger partial charge on any atom is 0.329 e. The first kappa shape index (κ1) is 19.2. The summed E-state index contributed by atoms with van der Waals surface area (Å²) in [7, 11) is 3.59. The van der Waals surface area contributed by atoms with E-state index in [1.807, 2.05) is 35.0 Å². The third kappa shape index (κ3) is 3.03. The van der Waals surface area contributed by atoms with Gasteiger partial charge in [-0.05, 0) is 23.8 Å². The highest BCUT2D eigenvalue weighted by Crippen LogP contribution is 2.30. The fourth-order valence-electron chi connectivity index (χ4n) is 4.08. The molecule has 4 heterocycles. The summed E-state index contributed by atoms with van der Waals surface area (Å²) in [5.41, 5.74) is 6.02. The molecular weight excluding hydrogens is 390 g/mol. The molecule has 0 bridgehead atoms. The molecule has 0 radical (unpaired) electrons. The lowest BCUT2D eigenvalue weighted by atomic mass is 10.0. The first-order chi connectivity index (χ1) is 15.1. The second-order valence-electron chi connectivity index (χ2n) is 7.71. The van der Waals surface area contributed by atoms with Crippen LogP contribution in [0.15, 0.2) is 53.7 Å². The number of aryl methyl sites for hydroxylation is 1. The SMILES string of the molecule is CN/C=C(\C=N)c1ccc(-c2ccc3ncc4c(c3c2)n(C2CNC2)c(=O)n4C)cn1. The topological polar surface area (TPSA) is 101 Å². The summed E-state index contributed by atoms with van der Waals surface area (Å²) < 4.78 is 3.58. The van der Waals surface area contributed by atoms with E-state index in [2.05, 4.69) is 26.7 Å². The number of imidazole rings is 1. The van der Waals surface area contributed by atoms with Gasteiger partial charge >= 0.3 is 5.69 Å². The molecule has 31 heavy (non-hydrogen) atoms. The van der Waals surface area contributed by atoms with Gasteiger partial charge in [0, 0.05) is 62.3 Å². The zero-order valence-corrected chi connectivity index (χ0v) is 17.4. The summed E-state index contributed by atoms with van der Waals surface area (Å²) in [5, 5.41) is 14.7. The van der Waals surface area contributed by atoms with Crippen molar-refractivity contribution in [3.8, 4) is 11.1 Å². The van der Waals surface area contributed by atoms with E-state index in [1.165, 1.54) is 6.21 Å². The minimum Gasteiger partial charge on any atom is -0.393 e. The quantitative estimate of drug-likeness (QED) is 0.436. The summed E-state index contributed by atoms with van der Waals surface area (Å²) in [4.78, 5) is 22.1. The van der Waals surface area contributed by atoms with Gasteiger partial charge in [0.05, 0.1) is 34.5 Å². The largest absolute Gasteiger partial charge is 0.393 e. The van der Waals surface area contributed by atoms with Gasteiger partial charge in [-0.15, -0.1) is 0 Å². The Morgan fingerprint density at radius 2 is 2.00 bits per heavy atom. The second-order valence-corrected chi connectivity index (χ2v) is 7.71. The molecule has 3 N–H and O–H groups in total. The van der Waals surface area contributed by atoms with Crippen molar-refractivity contribution < 1.29 is 0 Å². The van der Waals surface area contributed by atoms with Crippen LogP contribution < -0.4 is 16.3 Å². The monoisotopic (exact) mass is 413 g/mol. The van der Waals surface area contributed by atoms with Crippen LogP contribution in [0.5, 0.6) is 0 Å². The Balaban J connectivity index is 1.67. The van der Waals surface area contributed by atoms with E-state index in [-0.39, 0.29) is 11.7 Å². The Labute approximate surface area is 178 Å². The number of allylic oxidation sites excluding steroid dienone is 1. The number of nitrogens with zero attached hydrogens (tertiary/aromatic N) is 4. The summed E-state index contributed by atoms with van der Waals surface area (Å²) in [5.74, 6) is 0. The van der Waals surface area contributed by atoms with Crippen LogP contribution in [0.4, 0.5) is 0 Å². The fraction of sp³-hybridized carbons (Fsp3) is 0.217. The molecule has 0 aliphatic carbocycles. The molecule has 5 rings (SSSR count). The molecular formula is C23H23N7O. The van der Waals surface area contributed by atoms with Crippen molar-refractivity contribution in [3.63, 3.8) is 0 Å². The van der Waals surface area contributed by atoms with E-state index in [4.69, 9.17) is 5.41 Å². The maximum atomic E-state index is 12.9. The number of hydrogen-bond acceptors (Lipinski definition) is 6. The Kier molecular flexibility index (Phi) is 4.63. The van der Waals surface area contributed by atoms with Gasteiger partial charge in [-0.3, -0.25) is 19.1 Å². The molecule has 1 aliphatic heterocycles. The van der Waals surface area contributed by atoms with Crippen LogP contribution in [0, 0.1) is 5.41 Å². The molecule has 0 unspecified atom stereocenters. The van der Waals surface area contributed by atoms with Crippen LogP contribution in [0.3, 0.4) is 0 Å². The molecule has 1 saturated heterocycles. The summed E-state index contributed by atoms with van der Waals surface area (Å²) in [6.45, 7) is 1.59. The van der Waals surface area contributed by atoms with Crippen LogP contribution in [0.25, 0.3) is 38.6 Å². The summed E-state index contributed by atoms with van der Waals surface area (Å²) >= 11 is 0. The predicted octanol–water partition coefficient (Wildman–Crippen LogP) is 2.30. The fourth-order valence-corrected chi connectivity index (χ4v) is 4.08. The minimum absolute atomic E-state index is 0.0114. The second kappa shape index (κ2) is 7.48. The first-order valence-electron chi connectivity index (χ1n) is 10.2. The van der Waals surface area contributed by atoms with Crippen LogP contribution in [0.2, 0.25) is 0 Å². The van der Waals surface area contributed by atoms with E-state index < -0.39 is 0 Å². The van der Waals surface area contributed by atoms with Gasteiger partial charge < -0.3 is 16.0 Å². The van der Waals surface area contributed by atoms with E-state index in [1.54, 1.807) is 31.1 Å². The van der Waals surface area contributed by atoms with Crippen molar-refractivity contribution >= 4 is 33.7 Å². The number of aromatic nitrogens is 4. The first-order valence-corrected chi connectivity index (χ1v) is 10.2. The van der Waals surface area contributed by atoms with E-state index in [9.17, 15) is 4.79 Å². The number of benzene rings is 1. The van der Waals surface area contributed by atoms with Crippen molar-refractivity contribution in [3.05, 3.63) is 65.1 Å². The number of nitrogens with one attached hydrogen (secondary N) is 3. The van der Waals surface area contributed by atoms with Crippen LogP contribution in [-0.4, -0.2) is 45.5 Å². The van der Waals surface area contributed by atoms with E-state index >= 15 is 0 Å². The molecule has 156 valence electrons. The number of pyridine rings is 2. The van der Waals surface area contributed by atoms with Gasteiger partial charge in [0.25, 0.3) is 0 Å². The Morgan fingerprint density at radius 3 is 2.65 bits per heavy atom. The molecule has 4 aromatic rings. The van der Waals surface area contributed by atoms with Crippen LogP contribution >= 0.6 is 0 Å². The van der Waals surface area contributed by atoms with Crippen molar-refractivity contribution in [2.75, 3.05) is 20.1 Å². The molecule has 0 amide bonds. The van der Waals surface area contributed by atoms with Gasteiger partial charge in [-0.1, -0.05) is 12.1 Å². The van der Waals surface area contributed by atoms with Crippen molar-refractivity contribution in [1.29, 1.82) is 5.41 Å². The lowest BCUT2D eigenvalue weighted by Crippen LogP contribution is -2.46. The van der Waals surface area contributed by atoms with Crippen LogP contribution in [-0.2, 0) is 7.05 Å². The molecule has 1 aromatic carbocycles. The van der Waals surface area contributed by atoms with Gasteiger partial charge in [-0.2, -0.15) is 0 Å². The standard InChI is InChI=1S/C23H23N7O/c1-25-9-16(8-24)19-5-4-15(10-27-19)14-3-6-20-18(7-14)22-21(13-28-20)29(2)23(31)30(22)17-11-26-12-17/h3-10,13,17,24-26H,11-12H2,1-2H3/b16-9+,24-8?. The zero-order chi connectivity index (χ0) is 21.5. The van der Waals surface area contributed by atoms with Crippen molar-refractivity contribution in [2.45, 2.75) is 6.04 Å². The average Bonchev–Trinajstić information content (AvgIpc) is 3.02. The molecule has 0 atom stereocenters. The van der Waals surface area contributed by atoms with Gasteiger partial charge in [0.2, 0.25) is 0 Å². The number of hydrogen-bond donors (Lipinski definition) is 3. The normalized spacial score (nSPS) is 14.7. The molecule has 0 spiro atoms. The van der Waals surface area contributed by atoms with Crippen molar-refractivity contribution in [2.24, 2.45) is 7.05 Å². The number of fused-ring (bicyclic) bond motifs is 3. The molecule has 0 saturated carbocycles. The van der Waals surface area contributed by atoms with Crippen LogP contribution in [0.1, 0.15) is 11.7 Å². The Hall–Kier alpha value is -3.78. The third-order valence-electron chi connectivity index (χ3n) is 5.89.